The third-order valence-corrected chi connectivity index (χ3v) is 5.67. The summed E-state index contributed by atoms with van der Waals surface area (Å²) in [6, 6.07) is 6.99. The molecule has 1 atom stereocenters. The van der Waals surface area contributed by atoms with Crippen LogP contribution in [0.4, 0.5) is 0 Å². The van der Waals surface area contributed by atoms with Crippen LogP contribution >= 0.6 is 0 Å². The van der Waals surface area contributed by atoms with E-state index in [1.54, 1.807) is 19.2 Å². The summed E-state index contributed by atoms with van der Waals surface area (Å²) in [7, 11) is -1.80. The van der Waals surface area contributed by atoms with Crippen LogP contribution in [-0.2, 0) is 10.0 Å². The first kappa shape index (κ1) is 13.5. The zero-order chi connectivity index (χ0) is 13.3. The summed E-state index contributed by atoms with van der Waals surface area (Å²) in [6.07, 6.45) is 2.16. The van der Waals surface area contributed by atoms with Crippen LogP contribution in [-0.4, -0.2) is 32.4 Å². The van der Waals surface area contributed by atoms with E-state index in [9.17, 15) is 8.42 Å². The molecule has 0 saturated heterocycles. The van der Waals surface area contributed by atoms with Gasteiger partial charge in [-0.1, -0.05) is 18.2 Å². The van der Waals surface area contributed by atoms with Crippen LogP contribution in [0.5, 0.6) is 0 Å². The Hall–Kier alpha value is -0.910. The maximum Gasteiger partial charge on any atom is 0.243 e. The predicted molar refractivity (Wildman–Crippen MR) is 71.7 cm³/mol. The average Bonchev–Trinajstić information content (AvgIpc) is 3.14. The summed E-state index contributed by atoms with van der Waals surface area (Å²) in [5.41, 5.74) is 6.50. The minimum atomic E-state index is -3.43. The molecule has 1 unspecified atom stereocenters. The topological polar surface area (TPSA) is 63.4 Å². The van der Waals surface area contributed by atoms with Gasteiger partial charge < -0.3 is 5.73 Å². The molecule has 0 bridgehead atoms. The van der Waals surface area contributed by atoms with Crippen molar-refractivity contribution >= 4 is 10.0 Å². The molecule has 0 spiro atoms. The monoisotopic (exact) mass is 268 g/mol. The zero-order valence-electron chi connectivity index (χ0n) is 10.8. The number of aryl methyl sites for hydroxylation is 1. The molecule has 1 aromatic carbocycles. The smallest absolute Gasteiger partial charge is 0.243 e. The highest BCUT2D eigenvalue weighted by Crippen LogP contribution is 2.36. The first-order chi connectivity index (χ1) is 8.48. The second-order valence-electron chi connectivity index (χ2n) is 4.93. The molecule has 1 aliphatic carbocycles. The molecule has 0 aromatic heterocycles. The van der Waals surface area contributed by atoms with Crippen molar-refractivity contribution in [3.05, 3.63) is 29.8 Å². The first-order valence-electron chi connectivity index (χ1n) is 6.22. The minimum Gasteiger partial charge on any atom is -0.329 e. The van der Waals surface area contributed by atoms with Gasteiger partial charge in [0, 0.05) is 19.6 Å². The minimum absolute atomic E-state index is 0.0744. The number of sulfonamides is 1. The van der Waals surface area contributed by atoms with E-state index >= 15 is 0 Å². The molecule has 2 N–H and O–H groups in total. The lowest BCUT2D eigenvalue weighted by Gasteiger charge is -2.27. The molecule has 0 aliphatic heterocycles. The van der Waals surface area contributed by atoms with Crippen LogP contribution in [0.25, 0.3) is 0 Å². The van der Waals surface area contributed by atoms with Gasteiger partial charge in [0.15, 0.2) is 0 Å². The lowest BCUT2D eigenvalue weighted by Crippen LogP contribution is -2.43. The standard InChI is InChI=1S/C13H20N2O2S/c1-10-5-3-4-6-13(10)18(16,17)15(2)12(9-14)11-7-8-11/h3-6,11-12H,7-9,14H2,1-2H3. The molecule has 4 nitrogen and oxygen atoms in total. The van der Waals surface area contributed by atoms with Gasteiger partial charge in [-0.25, -0.2) is 8.42 Å². The summed E-state index contributed by atoms with van der Waals surface area (Å²) in [6.45, 7) is 2.20. The van der Waals surface area contributed by atoms with Gasteiger partial charge in [0.25, 0.3) is 0 Å². The highest BCUT2D eigenvalue weighted by atomic mass is 32.2. The summed E-state index contributed by atoms with van der Waals surface area (Å²) < 4.78 is 26.6. The van der Waals surface area contributed by atoms with Gasteiger partial charge in [-0.05, 0) is 37.3 Å². The van der Waals surface area contributed by atoms with E-state index < -0.39 is 10.0 Å². The van der Waals surface area contributed by atoms with Crippen LogP contribution in [0.2, 0.25) is 0 Å². The van der Waals surface area contributed by atoms with E-state index in [0.29, 0.717) is 17.4 Å². The summed E-state index contributed by atoms with van der Waals surface area (Å²) in [5, 5.41) is 0. The van der Waals surface area contributed by atoms with Crippen molar-refractivity contribution in [1.29, 1.82) is 0 Å². The third-order valence-electron chi connectivity index (χ3n) is 3.63. The number of hydrogen-bond acceptors (Lipinski definition) is 3. The maximum atomic E-state index is 12.6. The van der Waals surface area contributed by atoms with Crippen molar-refractivity contribution in [2.24, 2.45) is 11.7 Å². The van der Waals surface area contributed by atoms with Gasteiger partial charge in [0.2, 0.25) is 10.0 Å². The molecular weight excluding hydrogens is 248 g/mol. The molecule has 0 amide bonds. The van der Waals surface area contributed by atoms with E-state index in [2.05, 4.69) is 0 Å². The second kappa shape index (κ2) is 4.99. The lowest BCUT2D eigenvalue weighted by molar-refractivity contribution is 0.340. The predicted octanol–water partition coefficient (Wildman–Crippen LogP) is 1.35. The molecule has 1 aromatic rings. The van der Waals surface area contributed by atoms with Gasteiger partial charge in [0.05, 0.1) is 4.90 Å². The average molecular weight is 268 g/mol. The Labute approximate surface area is 109 Å². The number of hydrogen-bond donors (Lipinski definition) is 1. The van der Waals surface area contributed by atoms with Crippen molar-refractivity contribution in [2.75, 3.05) is 13.6 Å². The SMILES string of the molecule is Cc1ccccc1S(=O)(=O)N(C)C(CN)C1CC1. The second-order valence-corrected chi connectivity index (χ2v) is 6.89. The number of nitrogens with two attached hydrogens (primary N) is 1. The largest absolute Gasteiger partial charge is 0.329 e. The fourth-order valence-electron chi connectivity index (χ4n) is 2.30. The van der Waals surface area contributed by atoms with Crippen LogP contribution in [0.15, 0.2) is 29.2 Å². The molecule has 0 radical (unpaired) electrons. The van der Waals surface area contributed by atoms with Crippen LogP contribution in [0.1, 0.15) is 18.4 Å². The molecule has 100 valence electrons. The van der Waals surface area contributed by atoms with E-state index in [-0.39, 0.29) is 6.04 Å². The first-order valence-corrected chi connectivity index (χ1v) is 7.66. The zero-order valence-corrected chi connectivity index (χ0v) is 11.7. The van der Waals surface area contributed by atoms with Crippen molar-refractivity contribution in [2.45, 2.75) is 30.7 Å². The summed E-state index contributed by atoms with van der Waals surface area (Å²) in [4.78, 5) is 0.381. The Morgan fingerprint density at radius 2 is 2.00 bits per heavy atom. The van der Waals surface area contributed by atoms with E-state index in [1.165, 1.54) is 4.31 Å². The Morgan fingerprint density at radius 3 is 2.50 bits per heavy atom. The molecule has 2 rings (SSSR count). The fraction of sp³-hybridized carbons (Fsp3) is 0.538. The molecular formula is C13H20N2O2S. The van der Waals surface area contributed by atoms with Crippen LogP contribution in [0.3, 0.4) is 0 Å². The van der Waals surface area contributed by atoms with Gasteiger partial charge in [0.1, 0.15) is 0 Å². The lowest BCUT2D eigenvalue weighted by atomic mass is 10.2. The van der Waals surface area contributed by atoms with Gasteiger partial charge >= 0.3 is 0 Å². The Balaban J connectivity index is 2.33. The Bertz CT molecular complexity index is 524. The number of benzene rings is 1. The maximum absolute atomic E-state index is 12.6. The highest BCUT2D eigenvalue weighted by molar-refractivity contribution is 7.89. The van der Waals surface area contributed by atoms with Crippen molar-refractivity contribution in [1.82, 2.24) is 4.31 Å². The highest BCUT2D eigenvalue weighted by Gasteiger charge is 2.38. The Kier molecular flexibility index (Phi) is 3.75. The molecule has 18 heavy (non-hydrogen) atoms. The van der Waals surface area contributed by atoms with Crippen molar-refractivity contribution < 1.29 is 8.42 Å². The summed E-state index contributed by atoms with van der Waals surface area (Å²) >= 11 is 0. The van der Waals surface area contributed by atoms with Crippen molar-refractivity contribution in [3.63, 3.8) is 0 Å². The van der Waals surface area contributed by atoms with Gasteiger partial charge in [-0.2, -0.15) is 4.31 Å². The summed E-state index contributed by atoms with van der Waals surface area (Å²) in [5.74, 6) is 0.429. The van der Waals surface area contributed by atoms with Crippen LogP contribution in [0, 0.1) is 12.8 Å². The van der Waals surface area contributed by atoms with Gasteiger partial charge in [-0.15, -0.1) is 0 Å². The van der Waals surface area contributed by atoms with Crippen LogP contribution < -0.4 is 5.73 Å². The normalized spacial score (nSPS) is 18.0. The van der Waals surface area contributed by atoms with E-state index in [0.717, 1.165) is 18.4 Å². The Morgan fingerprint density at radius 1 is 1.39 bits per heavy atom. The fourth-order valence-corrected chi connectivity index (χ4v) is 3.95. The third kappa shape index (κ3) is 2.43. The van der Waals surface area contributed by atoms with E-state index in [1.807, 2.05) is 19.1 Å². The molecule has 5 heteroatoms. The quantitative estimate of drug-likeness (QED) is 0.877. The molecule has 1 saturated carbocycles. The number of nitrogens with zero attached hydrogens (tertiary/aromatic N) is 1. The van der Waals surface area contributed by atoms with E-state index in [4.69, 9.17) is 5.73 Å². The van der Waals surface area contributed by atoms with Gasteiger partial charge in [-0.3, -0.25) is 0 Å². The number of likely N-dealkylation sites (N-methyl/N-ethyl adjacent to an activating group) is 1. The molecule has 0 heterocycles. The molecule has 1 aliphatic rings. The van der Waals surface area contributed by atoms with Crippen molar-refractivity contribution in [3.8, 4) is 0 Å². The molecule has 1 fully saturated rings. The number of rotatable bonds is 5.